The lowest BCUT2D eigenvalue weighted by Gasteiger charge is -2.16. The van der Waals surface area contributed by atoms with Gasteiger partial charge in [-0.25, -0.2) is 9.97 Å². The lowest BCUT2D eigenvalue weighted by atomic mass is 10.0. The summed E-state index contributed by atoms with van der Waals surface area (Å²) in [6.45, 7) is 7.85. The maximum atomic E-state index is 13.1. The van der Waals surface area contributed by atoms with Gasteiger partial charge in [-0.2, -0.15) is 18.2 Å². The van der Waals surface area contributed by atoms with Crippen LogP contribution in [-0.2, 0) is 6.18 Å². The first kappa shape index (κ1) is 25.0. The second-order valence-corrected chi connectivity index (χ2v) is 9.58. The van der Waals surface area contributed by atoms with Crippen molar-refractivity contribution in [2.24, 2.45) is 0 Å². The molecule has 192 valence electrons. The van der Waals surface area contributed by atoms with Crippen LogP contribution in [0.5, 0.6) is 11.8 Å². The summed E-state index contributed by atoms with van der Waals surface area (Å²) in [5.74, 6) is 1.02. The molecule has 1 saturated heterocycles. The molecular formula is C28H28F3N5O. The van der Waals surface area contributed by atoms with E-state index < -0.39 is 11.7 Å². The maximum absolute atomic E-state index is 13.1. The van der Waals surface area contributed by atoms with E-state index in [1.54, 1.807) is 18.6 Å². The van der Waals surface area contributed by atoms with E-state index in [1.807, 2.05) is 23.6 Å². The number of ether oxygens (including phenoxy) is 1. The Hall–Kier alpha value is -3.72. The van der Waals surface area contributed by atoms with Crippen LogP contribution in [0.4, 0.5) is 13.2 Å². The highest BCUT2D eigenvalue weighted by molar-refractivity contribution is 5.77. The number of alkyl halides is 3. The summed E-state index contributed by atoms with van der Waals surface area (Å²) >= 11 is 0. The van der Waals surface area contributed by atoms with Crippen molar-refractivity contribution in [1.82, 2.24) is 24.8 Å². The van der Waals surface area contributed by atoms with E-state index in [9.17, 15) is 13.2 Å². The first-order valence-electron chi connectivity index (χ1n) is 12.3. The second kappa shape index (κ2) is 9.97. The third-order valence-electron chi connectivity index (χ3n) is 6.66. The van der Waals surface area contributed by atoms with Gasteiger partial charge in [0.25, 0.3) is 0 Å². The van der Waals surface area contributed by atoms with Crippen LogP contribution in [0.1, 0.15) is 48.9 Å². The smallest absolute Gasteiger partial charge is 0.416 e. The van der Waals surface area contributed by atoms with E-state index >= 15 is 0 Å². The molecular weight excluding hydrogens is 479 g/mol. The highest BCUT2D eigenvalue weighted by Gasteiger charge is 2.30. The zero-order chi connectivity index (χ0) is 26.2. The predicted octanol–water partition coefficient (Wildman–Crippen LogP) is 6.78. The summed E-state index contributed by atoms with van der Waals surface area (Å²) < 4.78 is 47.6. The zero-order valence-corrected chi connectivity index (χ0v) is 20.9. The predicted molar refractivity (Wildman–Crippen MR) is 136 cm³/mol. The van der Waals surface area contributed by atoms with Crippen LogP contribution in [0.15, 0.2) is 61.1 Å². The number of hydrogen-bond donors (Lipinski definition) is 1. The number of nitrogens with zero attached hydrogens (tertiary/aromatic N) is 4. The van der Waals surface area contributed by atoms with E-state index in [2.05, 4.69) is 35.2 Å². The third-order valence-corrected chi connectivity index (χ3v) is 6.66. The first-order valence-corrected chi connectivity index (χ1v) is 12.3. The fourth-order valence-electron chi connectivity index (χ4n) is 4.50. The van der Waals surface area contributed by atoms with E-state index in [1.165, 1.54) is 12.1 Å². The fourth-order valence-corrected chi connectivity index (χ4v) is 4.50. The van der Waals surface area contributed by atoms with Crippen LogP contribution >= 0.6 is 0 Å². The maximum Gasteiger partial charge on any atom is 0.416 e. The molecule has 0 saturated carbocycles. The van der Waals surface area contributed by atoms with Crippen LogP contribution in [0.25, 0.3) is 22.6 Å². The lowest BCUT2D eigenvalue weighted by Crippen LogP contribution is -2.14. The van der Waals surface area contributed by atoms with Gasteiger partial charge in [0.2, 0.25) is 0 Å². The van der Waals surface area contributed by atoms with Crippen LogP contribution in [-0.4, -0.2) is 32.6 Å². The molecule has 0 radical (unpaired) electrons. The SMILES string of the molecule is Cc1ccc(C(C)C)cc1Oc1nccc(-c2c(-c3ccc(C(F)(F)F)cc3)ncn2[C@@H]2CCNC2)n1. The fraction of sp³-hybridized carbons (Fsp3) is 0.321. The zero-order valence-electron chi connectivity index (χ0n) is 20.9. The molecule has 0 bridgehead atoms. The van der Waals surface area contributed by atoms with E-state index in [0.29, 0.717) is 34.3 Å². The van der Waals surface area contributed by atoms with Gasteiger partial charge in [-0.05, 0) is 61.2 Å². The monoisotopic (exact) mass is 507 g/mol. The lowest BCUT2D eigenvalue weighted by molar-refractivity contribution is -0.137. The molecule has 3 heterocycles. The molecule has 0 spiro atoms. The molecule has 0 amide bonds. The quantitative estimate of drug-likeness (QED) is 0.312. The number of benzene rings is 2. The standard InChI is InChI=1S/C28H28F3N5O/c1-17(2)20-5-4-18(3)24(14-20)37-27-33-13-11-23(35-27)26-25(34-16-36(26)22-10-12-32-15-22)19-6-8-21(9-7-19)28(29,30)31/h4-9,11,13-14,16-17,22,32H,10,12,15H2,1-3H3/t22-/m1/s1. The Kier molecular flexibility index (Phi) is 6.72. The summed E-state index contributed by atoms with van der Waals surface area (Å²) in [5.41, 5.74) is 3.85. The van der Waals surface area contributed by atoms with E-state index in [4.69, 9.17) is 9.72 Å². The minimum absolute atomic E-state index is 0.148. The number of nitrogens with one attached hydrogen (secondary N) is 1. The molecule has 37 heavy (non-hydrogen) atoms. The Balaban J connectivity index is 1.56. The normalized spacial score (nSPS) is 15.9. The average Bonchev–Trinajstić information content (AvgIpc) is 3.55. The molecule has 1 aliphatic rings. The Morgan fingerprint density at radius 2 is 1.84 bits per heavy atom. The molecule has 1 aliphatic heterocycles. The van der Waals surface area contributed by atoms with Gasteiger partial charge < -0.3 is 14.6 Å². The Morgan fingerprint density at radius 1 is 1.05 bits per heavy atom. The van der Waals surface area contributed by atoms with Crippen molar-refractivity contribution in [3.63, 3.8) is 0 Å². The number of rotatable bonds is 6. The number of hydrogen-bond acceptors (Lipinski definition) is 5. The Bertz CT molecular complexity index is 1390. The van der Waals surface area contributed by atoms with Crippen molar-refractivity contribution in [3.05, 3.63) is 77.7 Å². The van der Waals surface area contributed by atoms with Crippen molar-refractivity contribution >= 4 is 0 Å². The van der Waals surface area contributed by atoms with Gasteiger partial charge >= 0.3 is 12.2 Å². The van der Waals surface area contributed by atoms with Crippen LogP contribution < -0.4 is 10.1 Å². The molecule has 4 aromatic rings. The molecule has 1 atom stereocenters. The number of halogens is 3. The van der Waals surface area contributed by atoms with Crippen molar-refractivity contribution < 1.29 is 17.9 Å². The first-order chi connectivity index (χ1) is 17.7. The summed E-state index contributed by atoms with van der Waals surface area (Å²) in [5, 5.41) is 3.36. The van der Waals surface area contributed by atoms with Gasteiger partial charge in [-0.15, -0.1) is 0 Å². The summed E-state index contributed by atoms with van der Waals surface area (Å²) in [6.07, 6.45) is -0.134. The van der Waals surface area contributed by atoms with E-state index in [-0.39, 0.29) is 12.1 Å². The van der Waals surface area contributed by atoms with Gasteiger partial charge in [0.05, 0.1) is 29.0 Å². The van der Waals surface area contributed by atoms with Gasteiger partial charge in [0.1, 0.15) is 5.75 Å². The molecule has 1 fully saturated rings. The van der Waals surface area contributed by atoms with Crippen molar-refractivity contribution in [1.29, 1.82) is 0 Å². The third kappa shape index (κ3) is 5.22. The molecule has 2 aromatic carbocycles. The molecule has 9 heteroatoms. The number of aromatic nitrogens is 4. The van der Waals surface area contributed by atoms with Crippen molar-refractivity contribution in [3.8, 4) is 34.4 Å². The summed E-state index contributed by atoms with van der Waals surface area (Å²) in [4.78, 5) is 13.6. The molecule has 2 aromatic heterocycles. The summed E-state index contributed by atoms with van der Waals surface area (Å²) in [7, 11) is 0. The van der Waals surface area contributed by atoms with E-state index in [0.717, 1.165) is 42.8 Å². The van der Waals surface area contributed by atoms with Gasteiger partial charge in [0, 0.05) is 24.3 Å². The van der Waals surface area contributed by atoms with Crippen LogP contribution in [0, 0.1) is 6.92 Å². The molecule has 1 N–H and O–H groups in total. The Morgan fingerprint density at radius 3 is 2.51 bits per heavy atom. The highest BCUT2D eigenvalue weighted by atomic mass is 19.4. The number of aryl methyl sites for hydroxylation is 1. The van der Waals surface area contributed by atoms with Gasteiger partial charge in [-0.1, -0.05) is 38.1 Å². The second-order valence-electron chi connectivity index (χ2n) is 9.58. The van der Waals surface area contributed by atoms with Crippen molar-refractivity contribution in [2.75, 3.05) is 13.1 Å². The molecule has 6 nitrogen and oxygen atoms in total. The van der Waals surface area contributed by atoms with Gasteiger partial charge in [-0.3, -0.25) is 0 Å². The largest absolute Gasteiger partial charge is 0.424 e. The highest BCUT2D eigenvalue weighted by Crippen LogP contribution is 2.37. The number of imidazole rings is 1. The van der Waals surface area contributed by atoms with Crippen LogP contribution in [0.3, 0.4) is 0 Å². The molecule has 0 aliphatic carbocycles. The van der Waals surface area contributed by atoms with Crippen LogP contribution in [0.2, 0.25) is 0 Å². The van der Waals surface area contributed by atoms with Crippen molar-refractivity contribution in [2.45, 2.75) is 45.3 Å². The molecule has 5 rings (SSSR count). The minimum Gasteiger partial charge on any atom is -0.424 e. The average molecular weight is 508 g/mol. The minimum atomic E-state index is -4.40. The topological polar surface area (TPSA) is 64.9 Å². The van der Waals surface area contributed by atoms with Gasteiger partial charge in [0.15, 0.2) is 0 Å². The Labute approximate surface area is 213 Å². The summed E-state index contributed by atoms with van der Waals surface area (Å²) in [6, 6.07) is 13.3. The molecule has 0 unspecified atom stereocenters.